The first-order chi connectivity index (χ1) is 10.2. The third kappa shape index (κ3) is 5.18. The van der Waals surface area contributed by atoms with Gasteiger partial charge in [-0.25, -0.2) is 0 Å². The molecule has 1 aromatic carbocycles. The van der Waals surface area contributed by atoms with Crippen molar-refractivity contribution < 1.29 is 19.4 Å². The molecule has 0 spiro atoms. The van der Waals surface area contributed by atoms with Crippen molar-refractivity contribution >= 4 is 39.4 Å². The molecule has 0 aromatic heterocycles. The van der Waals surface area contributed by atoms with Gasteiger partial charge in [-0.15, -0.1) is 0 Å². The van der Waals surface area contributed by atoms with Crippen molar-refractivity contribution in [2.24, 2.45) is 0 Å². The maximum atomic E-state index is 11.5. The maximum absolute atomic E-state index is 11.5. The van der Waals surface area contributed by atoms with Gasteiger partial charge in [0.25, 0.3) is 0 Å². The molecule has 0 heterocycles. The first kappa shape index (κ1) is 18.8. The third-order valence-corrected chi connectivity index (χ3v) is 4.69. The highest BCUT2D eigenvalue weighted by atomic mass is 79.9. The lowest BCUT2D eigenvalue weighted by molar-refractivity contribution is -0.141. The molecule has 1 rings (SSSR count). The molecule has 0 aliphatic carbocycles. The highest BCUT2D eigenvalue weighted by molar-refractivity contribution is 9.10. The van der Waals surface area contributed by atoms with Crippen molar-refractivity contribution in [3.05, 3.63) is 26.7 Å². The largest absolute Gasteiger partial charge is 0.492 e. The van der Waals surface area contributed by atoms with Gasteiger partial charge in [-0.05, 0) is 60.3 Å². The zero-order valence-corrected chi connectivity index (χ0v) is 15.0. The van der Waals surface area contributed by atoms with Crippen LogP contribution in [0.2, 0.25) is 5.02 Å². The fourth-order valence-corrected chi connectivity index (χ4v) is 2.49. The lowest BCUT2D eigenvalue weighted by Gasteiger charge is -2.13. The zero-order chi connectivity index (χ0) is 16.9. The number of carboxylic acid groups (broad SMARTS) is 1. The average molecular weight is 393 g/mol. The van der Waals surface area contributed by atoms with Crippen LogP contribution in [0.25, 0.3) is 0 Å². The van der Waals surface area contributed by atoms with Crippen LogP contribution in [0.5, 0.6) is 5.75 Å². The predicted octanol–water partition coefficient (Wildman–Crippen LogP) is 3.47. The number of benzene rings is 1. The van der Waals surface area contributed by atoms with Gasteiger partial charge in [0.15, 0.2) is 0 Å². The van der Waals surface area contributed by atoms with E-state index in [1.807, 2.05) is 19.9 Å². The first-order valence-electron chi connectivity index (χ1n) is 6.84. The number of hydrogen-bond acceptors (Lipinski definition) is 3. The second-order valence-electron chi connectivity index (χ2n) is 5.02. The number of hydrogen-bond donors (Lipinski definition) is 2. The van der Waals surface area contributed by atoms with Crippen molar-refractivity contribution in [3.8, 4) is 5.75 Å². The van der Waals surface area contributed by atoms with Crippen LogP contribution in [0.15, 0.2) is 10.5 Å². The van der Waals surface area contributed by atoms with Gasteiger partial charge >= 0.3 is 5.97 Å². The number of ether oxygens (including phenoxy) is 1. The minimum Gasteiger partial charge on any atom is -0.492 e. The van der Waals surface area contributed by atoms with E-state index in [1.165, 1.54) is 6.92 Å². The molecule has 22 heavy (non-hydrogen) atoms. The molecule has 0 saturated carbocycles. The molecule has 0 saturated heterocycles. The first-order valence-corrected chi connectivity index (χ1v) is 8.01. The van der Waals surface area contributed by atoms with E-state index in [0.717, 1.165) is 15.6 Å². The minimum atomic E-state index is -1.05. The maximum Gasteiger partial charge on any atom is 0.325 e. The standard InChI is InChI=1S/C15H19BrClNO4/c1-8-7-11(13(16)9(2)14(8)17)22-6-4-5-12(19)18-10(3)15(20)21/h7,10H,4-6H2,1-3H3,(H,18,19)(H,20,21). The SMILES string of the molecule is Cc1cc(OCCCC(=O)NC(C)C(=O)O)c(Br)c(C)c1Cl. The Morgan fingerprint density at radius 2 is 2.09 bits per heavy atom. The van der Waals surface area contributed by atoms with E-state index in [4.69, 9.17) is 21.4 Å². The minimum absolute atomic E-state index is 0.209. The van der Waals surface area contributed by atoms with Crippen molar-refractivity contribution in [1.29, 1.82) is 0 Å². The van der Waals surface area contributed by atoms with Crippen LogP contribution in [0.3, 0.4) is 0 Å². The summed E-state index contributed by atoms with van der Waals surface area (Å²) in [5.74, 6) is -0.680. The van der Waals surface area contributed by atoms with Gasteiger partial charge in [0, 0.05) is 11.4 Å². The molecule has 0 radical (unpaired) electrons. The van der Waals surface area contributed by atoms with E-state index in [2.05, 4.69) is 21.2 Å². The van der Waals surface area contributed by atoms with Gasteiger partial charge in [-0.2, -0.15) is 0 Å². The number of carboxylic acids is 1. The molecule has 122 valence electrons. The Morgan fingerprint density at radius 3 is 2.68 bits per heavy atom. The highest BCUT2D eigenvalue weighted by Crippen LogP contribution is 2.35. The number of carbonyl (C=O) groups is 2. The van der Waals surface area contributed by atoms with Crippen molar-refractivity contribution in [3.63, 3.8) is 0 Å². The number of nitrogens with one attached hydrogen (secondary N) is 1. The Hall–Kier alpha value is -1.27. The van der Waals surface area contributed by atoms with Gasteiger partial charge in [0.2, 0.25) is 5.91 Å². The summed E-state index contributed by atoms with van der Waals surface area (Å²) in [6.45, 7) is 5.57. The van der Waals surface area contributed by atoms with E-state index in [1.54, 1.807) is 0 Å². The van der Waals surface area contributed by atoms with Crippen LogP contribution in [-0.2, 0) is 9.59 Å². The molecular weight excluding hydrogens is 374 g/mol. The fourth-order valence-electron chi connectivity index (χ4n) is 1.80. The summed E-state index contributed by atoms with van der Waals surface area (Å²) in [6, 6.07) is 0.954. The quantitative estimate of drug-likeness (QED) is 0.697. The van der Waals surface area contributed by atoms with Crippen LogP contribution >= 0.6 is 27.5 Å². The van der Waals surface area contributed by atoms with E-state index in [9.17, 15) is 9.59 Å². The summed E-state index contributed by atoms with van der Waals surface area (Å²) in [4.78, 5) is 22.2. The molecule has 0 bridgehead atoms. The van der Waals surface area contributed by atoms with E-state index in [-0.39, 0.29) is 12.3 Å². The van der Waals surface area contributed by atoms with E-state index in [0.29, 0.717) is 23.8 Å². The number of amides is 1. The van der Waals surface area contributed by atoms with Crippen molar-refractivity contribution in [1.82, 2.24) is 5.32 Å². The van der Waals surface area contributed by atoms with Gasteiger partial charge < -0.3 is 15.2 Å². The number of halogens is 2. The lowest BCUT2D eigenvalue weighted by Crippen LogP contribution is -2.38. The van der Waals surface area contributed by atoms with Gasteiger partial charge in [0.05, 0.1) is 11.1 Å². The number of carbonyl (C=O) groups excluding carboxylic acids is 1. The van der Waals surface area contributed by atoms with Gasteiger partial charge in [0.1, 0.15) is 11.8 Å². The summed E-state index contributed by atoms with van der Waals surface area (Å²) in [5, 5.41) is 11.8. The monoisotopic (exact) mass is 391 g/mol. The van der Waals surface area contributed by atoms with Crippen LogP contribution in [-0.4, -0.2) is 29.6 Å². The molecular formula is C15H19BrClNO4. The average Bonchev–Trinajstić information content (AvgIpc) is 2.46. The van der Waals surface area contributed by atoms with Crippen LogP contribution in [0, 0.1) is 13.8 Å². The fraction of sp³-hybridized carbons (Fsp3) is 0.467. The van der Waals surface area contributed by atoms with Crippen molar-refractivity contribution in [2.45, 2.75) is 39.7 Å². The molecule has 1 aromatic rings. The topological polar surface area (TPSA) is 75.6 Å². The second-order valence-corrected chi connectivity index (χ2v) is 6.19. The summed E-state index contributed by atoms with van der Waals surface area (Å²) in [5.41, 5.74) is 1.83. The molecule has 1 unspecified atom stereocenters. The highest BCUT2D eigenvalue weighted by Gasteiger charge is 2.14. The predicted molar refractivity (Wildman–Crippen MR) is 88.6 cm³/mol. The Labute approximate surface area is 143 Å². The van der Waals surface area contributed by atoms with Gasteiger partial charge in [-0.1, -0.05) is 11.6 Å². The normalized spacial score (nSPS) is 11.9. The van der Waals surface area contributed by atoms with Gasteiger partial charge in [-0.3, -0.25) is 9.59 Å². The Kier molecular flexibility index (Phi) is 7.16. The summed E-state index contributed by atoms with van der Waals surface area (Å²) in [7, 11) is 0. The van der Waals surface area contributed by atoms with Crippen LogP contribution in [0.4, 0.5) is 0 Å². The summed E-state index contributed by atoms with van der Waals surface area (Å²) >= 11 is 9.59. The van der Waals surface area contributed by atoms with E-state index >= 15 is 0 Å². The Morgan fingerprint density at radius 1 is 1.45 bits per heavy atom. The lowest BCUT2D eigenvalue weighted by atomic mass is 10.1. The molecule has 5 nitrogen and oxygen atoms in total. The van der Waals surface area contributed by atoms with E-state index < -0.39 is 12.0 Å². The molecule has 0 fully saturated rings. The second kappa shape index (κ2) is 8.39. The third-order valence-electron chi connectivity index (χ3n) is 3.12. The summed E-state index contributed by atoms with van der Waals surface area (Å²) < 4.78 is 6.45. The van der Waals surface area contributed by atoms with Crippen LogP contribution in [0.1, 0.15) is 30.9 Å². The smallest absolute Gasteiger partial charge is 0.325 e. The number of rotatable bonds is 7. The molecule has 0 aliphatic rings. The summed E-state index contributed by atoms with van der Waals surface area (Å²) in [6.07, 6.45) is 0.701. The number of aliphatic carboxylic acids is 1. The molecule has 1 amide bonds. The molecule has 7 heteroatoms. The van der Waals surface area contributed by atoms with Crippen molar-refractivity contribution in [2.75, 3.05) is 6.61 Å². The zero-order valence-electron chi connectivity index (χ0n) is 12.7. The number of aryl methyl sites for hydroxylation is 1. The Bertz CT molecular complexity index is 577. The molecule has 1 atom stereocenters. The Balaban J connectivity index is 2.46. The van der Waals surface area contributed by atoms with Crippen LogP contribution < -0.4 is 10.1 Å². The molecule has 0 aliphatic heterocycles. The molecule has 2 N–H and O–H groups in total.